The van der Waals surface area contributed by atoms with Crippen LogP contribution < -0.4 is 0 Å². The van der Waals surface area contributed by atoms with Crippen molar-refractivity contribution < 1.29 is 0 Å². The number of rotatable bonds is 3. The van der Waals surface area contributed by atoms with Crippen LogP contribution in [-0.2, 0) is 0 Å². The van der Waals surface area contributed by atoms with Crippen molar-refractivity contribution in [3.8, 4) is 0 Å². The van der Waals surface area contributed by atoms with Crippen molar-refractivity contribution in [2.24, 2.45) is 0 Å². The topological polar surface area (TPSA) is 0 Å². The molecule has 1 aromatic carbocycles. The van der Waals surface area contributed by atoms with Crippen molar-refractivity contribution in [1.82, 2.24) is 0 Å². The Bertz CT molecular complexity index is 553. The van der Waals surface area contributed by atoms with Crippen molar-refractivity contribution in [2.75, 3.05) is 0 Å². The van der Waals surface area contributed by atoms with Gasteiger partial charge >= 0.3 is 0 Å². The van der Waals surface area contributed by atoms with Crippen LogP contribution in [0.25, 0.3) is 0 Å². The molecule has 1 atom stereocenters. The van der Waals surface area contributed by atoms with E-state index in [2.05, 4.69) is 67.6 Å². The van der Waals surface area contributed by atoms with Crippen molar-refractivity contribution in [3.63, 3.8) is 0 Å². The van der Waals surface area contributed by atoms with Crippen LogP contribution in [0.15, 0.2) is 39.5 Å². The highest BCUT2D eigenvalue weighted by Crippen LogP contribution is 2.37. The molecule has 1 heterocycles. The van der Waals surface area contributed by atoms with Gasteiger partial charge in [0.15, 0.2) is 0 Å². The van der Waals surface area contributed by atoms with Crippen molar-refractivity contribution in [3.05, 3.63) is 56.2 Å². The van der Waals surface area contributed by atoms with Gasteiger partial charge in [0.25, 0.3) is 0 Å². The molecule has 3 rings (SSSR count). The molecule has 20 heavy (non-hydrogen) atoms. The molecule has 0 radical (unpaired) electrons. The zero-order chi connectivity index (χ0) is 13.9. The number of halogens is 2. The van der Waals surface area contributed by atoms with Crippen LogP contribution in [-0.4, -0.2) is 0 Å². The minimum Gasteiger partial charge on any atom is -0.136 e. The monoisotopic (exact) mass is 412 g/mol. The Kier molecular flexibility index (Phi) is 5.00. The van der Waals surface area contributed by atoms with Gasteiger partial charge in [0.2, 0.25) is 0 Å². The van der Waals surface area contributed by atoms with Crippen LogP contribution in [0.5, 0.6) is 0 Å². The molecular formula is C17H18Br2S. The highest BCUT2D eigenvalue weighted by Gasteiger charge is 2.17. The number of thiophene rings is 1. The second-order valence-corrected chi connectivity index (χ2v) is 8.75. The highest BCUT2D eigenvalue weighted by molar-refractivity contribution is 9.11. The van der Waals surface area contributed by atoms with Crippen LogP contribution in [0.2, 0.25) is 0 Å². The van der Waals surface area contributed by atoms with E-state index in [1.54, 1.807) is 11.3 Å². The van der Waals surface area contributed by atoms with Gasteiger partial charge in [-0.25, -0.2) is 0 Å². The van der Waals surface area contributed by atoms with E-state index in [1.165, 1.54) is 52.6 Å². The van der Waals surface area contributed by atoms with E-state index in [-0.39, 0.29) is 0 Å². The van der Waals surface area contributed by atoms with Crippen LogP contribution in [0.3, 0.4) is 0 Å². The maximum atomic E-state index is 3.81. The first-order valence-electron chi connectivity index (χ1n) is 7.22. The number of alkyl halides is 1. The molecule has 2 aromatic rings. The molecule has 1 aromatic heterocycles. The SMILES string of the molecule is Brc1cc(C(Br)c2ccc(C3CCCCC3)cc2)cs1. The Labute approximate surface area is 141 Å². The number of hydrogen-bond acceptors (Lipinski definition) is 1. The molecule has 0 saturated heterocycles. The van der Waals surface area contributed by atoms with Gasteiger partial charge < -0.3 is 0 Å². The fourth-order valence-corrected chi connectivity index (χ4v) is 4.97. The Hall–Kier alpha value is -0.120. The lowest BCUT2D eigenvalue weighted by molar-refractivity contribution is 0.443. The van der Waals surface area contributed by atoms with E-state index in [0.717, 1.165) is 5.92 Å². The second kappa shape index (κ2) is 6.76. The maximum absolute atomic E-state index is 3.81. The van der Waals surface area contributed by atoms with E-state index >= 15 is 0 Å². The molecular weight excluding hydrogens is 396 g/mol. The Balaban J connectivity index is 1.75. The third-order valence-corrected chi connectivity index (χ3v) is 6.77. The van der Waals surface area contributed by atoms with E-state index in [1.807, 2.05) is 0 Å². The standard InChI is InChI=1S/C17H18Br2S/c18-16-10-15(11-20-16)17(19)14-8-6-13(7-9-14)12-4-2-1-3-5-12/h6-12,17H,1-5H2. The van der Waals surface area contributed by atoms with Gasteiger partial charge in [-0.05, 0) is 62.8 Å². The first-order chi connectivity index (χ1) is 9.74. The summed E-state index contributed by atoms with van der Waals surface area (Å²) in [6, 6.07) is 11.4. The average Bonchev–Trinajstić information content (AvgIpc) is 2.94. The van der Waals surface area contributed by atoms with E-state index in [0.29, 0.717) is 4.83 Å². The molecule has 0 amide bonds. The number of hydrogen-bond donors (Lipinski definition) is 0. The zero-order valence-electron chi connectivity index (χ0n) is 11.3. The molecule has 0 spiro atoms. The van der Waals surface area contributed by atoms with Gasteiger partial charge in [0.1, 0.15) is 0 Å². The van der Waals surface area contributed by atoms with Crippen LogP contribution >= 0.6 is 43.2 Å². The van der Waals surface area contributed by atoms with Gasteiger partial charge in [0, 0.05) is 0 Å². The third-order valence-electron chi connectivity index (χ3n) is 4.19. The largest absolute Gasteiger partial charge is 0.136 e. The molecule has 1 fully saturated rings. The molecule has 1 aliphatic rings. The summed E-state index contributed by atoms with van der Waals surface area (Å²) in [5.41, 5.74) is 4.20. The summed E-state index contributed by atoms with van der Waals surface area (Å²) >= 11 is 9.09. The highest BCUT2D eigenvalue weighted by atomic mass is 79.9. The van der Waals surface area contributed by atoms with Crippen molar-refractivity contribution in [2.45, 2.75) is 42.8 Å². The number of benzene rings is 1. The maximum Gasteiger partial charge on any atom is 0.0701 e. The molecule has 1 saturated carbocycles. The van der Waals surface area contributed by atoms with Gasteiger partial charge in [0.05, 0.1) is 8.61 Å². The van der Waals surface area contributed by atoms with E-state index < -0.39 is 0 Å². The molecule has 0 bridgehead atoms. The summed E-state index contributed by atoms with van der Waals surface area (Å²) in [7, 11) is 0. The molecule has 0 aliphatic heterocycles. The van der Waals surface area contributed by atoms with Crippen LogP contribution in [0, 0.1) is 0 Å². The molecule has 1 aliphatic carbocycles. The van der Waals surface area contributed by atoms with Crippen LogP contribution in [0.1, 0.15) is 59.5 Å². The second-order valence-electron chi connectivity index (χ2n) is 5.55. The molecule has 3 heteroatoms. The zero-order valence-corrected chi connectivity index (χ0v) is 15.3. The van der Waals surface area contributed by atoms with Crippen molar-refractivity contribution in [1.29, 1.82) is 0 Å². The van der Waals surface area contributed by atoms with Gasteiger partial charge in [-0.15, -0.1) is 11.3 Å². The predicted molar refractivity (Wildman–Crippen MR) is 95.1 cm³/mol. The summed E-state index contributed by atoms with van der Waals surface area (Å²) < 4.78 is 1.19. The summed E-state index contributed by atoms with van der Waals surface area (Å²) in [6.45, 7) is 0. The van der Waals surface area contributed by atoms with Crippen LogP contribution in [0.4, 0.5) is 0 Å². The first-order valence-corrected chi connectivity index (χ1v) is 9.81. The molecule has 106 valence electrons. The average molecular weight is 414 g/mol. The summed E-state index contributed by atoms with van der Waals surface area (Å²) in [5.74, 6) is 0.793. The lowest BCUT2D eigenvalue weighted by Gasteiger charge is -2.22. The quantitative estimate of drug-likeness (QED) is 0.473. The summed E-state index contributed by atoms with van der Waals surface area (Å²) in [6.07, 6.45) is 6.96. The lowest BCUT2D eigenvalue weighted by Crippen LogP contribution is -2.04. The Morgan fingerprint density at radius 2 is 1.70 bits per heavy atom. The minimum atomic E-state index is 0.297. The normalized spacial score (nSPS) is 18.1. The lowest BCUT2D eigenvalue weighted by atomic mass is 9.84. The Morgan fingerprint density at radius 1 is 1.00 bits per heavy atom. The van der Waals surface area contributed by atoms with Gasteiger partial charge in [-0.2, -0.15) is 0 Å². The smallest absolute Gasteiger partial charge is 0.0701 e. The molecule has 0 N–H and O–H groups in total. The Morgan fingerprint density at radius 3 is 2.30 bits per heavy atom. The summed E-state index contributed by atoms with van der Waals surface area (Å²) in [4.78, 5) is 0.297. The fraction of sp³-hybridized carbons (Fsp3) is 0.412. The van der Waals surface area contributed by atoms with E-state index in [9.17, 15) is 0 Å². The predicted octanol–water partition coefficient (Wildman–Crippen LogP) is 7.04. The van der Waals surface area contributed by atoms with Gasteiger partial charge in [-0.3, -0.25) is 0 Å². The minimum absolute atomic E-state index is 0.297. The fourth-order valence-electron chi connectivity index (χ4n) is 3.02. The molecule has 0 nitrogen and oxygen atoms in total. The van der Waals surface area contributed by atoms with Crippen molar-refractivity contribution >= 4 is 43.2 Å². The summed E-state index contributed by atoms with van der Waals surface area (Å²) in [5, 5.41) is 2.21. The third kappa shape index (κ3) is 3.37. The first kappa shape index (κ1) is 14.8. The van der Waals surface area contributed by atoms with Gasteiger partial charge in [-0.1, -0.05) is 59.5 Å². The molecule has 1 unspecified atom stereocenters. The van der Waals surface area contributed by atoms with E-state index in [4.69, 9.17) is 0 Å².